The molecule has 2 aromatic heterocycles. The number of carbonyl (C=O) groups is 1. The fraction of sp³-hybridized carbons (Fsp3) is 0.200. The van der Waals surface area contributed by atoms with Gasteiger partial charge in [0.2, 0.25) is 5.13 Å². The quantitative estimate of drug-likeness (QED) is 0.362. The number of nitrogens with zero attached hydrogens (tertiary/aromatic N) is 4. The van der Waals surface area contributed by atoms with Gasteiger partial charge in [0.05, 0.1) is 18.9 Å². The molecular weight excluding hydrogens is 469 g/mol. The number of halogens is 1. The molecule has 0 unspecified atom stereocenters. The lowest BCUT2D eigenvalue weighted by Gasteiger charge is -2.24. The van der Waals surface area contributed by atoms with Gasteiger partial charge < -0.3 is 14.4 Å². The van der Waals surface area contributed by atoms with Crippen LogP contribution in [0.15, 0.2) is 67.0 Å². The molecule has 0 aliphatic carbocycles. The molecule has 0 radical (unpaired) electrons. The van der Waals surface area contributed by atoms with Crippen LogP contribution in [0.1, 0.15) is 22.0 Å². The standard InChI is InChI=1S/C25H24FN5O3S/c1-31(2)15-22(16-7-5-4-6-8-16)34-20-10-9-17(13-21(20)33-3)23(32)28-25-30-29-24(35-25)18-11-12-27-14-19(18)26/h4-14,22H,15H2,1-3H3,(H,28,30,32)/t22-/m0/s1. The molecule has 4 aromatic rings. The zero-order valence-electron chi connectivity index (χ0n) is 19.4. The van der Waals surface area contributed by atoms with E-state index in [9.17, 15) is 9.18 Å². The fourth-order valence-electron chi connectivity index (χ4n) is 3.37. The van der Waals surface area contributed by atoms with Crippen molar-refractivity contribution in [3.05, 3.63) is 83.9 Å². The monoisotopic (exact) mass is 493 g/mol. The van der Waals surface area contributed by atoms with E-state index in [1.165, 1.54) is 19.4 Å². The van der Waals surface area contributed by atoms with Crippen LogP contribution in [0.3, 0.4) is 0 Å². The second-order valence-corrected chi connectivity index (χ2v) is 8.84. The Hall–Kier alpha value is -3.89. The summed E-state index contributed by atoms with van der Waals surface area (Å²) in [4.78, 5) is 18.6. The third-order valence-electron chi connectivity index (χ3n) is 5.05. The Morgan fingerprint density at radius 1 is 1.11 bits per heavy atom. The van der Waals surface area contributed by atoms with Gasteiger partial charge in [-0.05, 0) is 43.9 Å². The maximum Gasteiger partial charge on any atom is 0.257 e. The van der Waals surface area contributed by atoms with Gasteiger partial charge in [-0.3, -0.25) is 15.1 Å². The summed E-state index contributed by atoms with van der Waals surface area (Å²) in [6.07, 6.45) is 2.34. The second-order valence-electron chi connectivity index (χ2n) is 7.87. The summed E-state index contributed by atoms with van der Waals surface area (Å²) < 4.78 is 25.8. The Morgan fingerprint density at radius 3 is 2.63 bits per heavy atom. The molecule has 0 spiro atoms. The highest BCUT2D eigenvalue weighted by Crippen LogP contribution is 2.33. The number of likely N-dealkylation sites (N-methyl/N-ethyl adjacent to an activating group) is 1. The molecule has 0 saturated heterocycles. The predicted molar refractivity (Wildman–Crippen MR) is 132 cm³/mol. The molecule has 1 amide bonds. The van der Waals surface area contributed by atoms with Gasteiger partial charge in [0, 0.05) is 18.3 Å². The van der Waals surface area contributed by atoms with Crippen molar-refractivity contribution in [2.45, 2.75) is 6.10 Å². The van der Waals surface area contributed by atoms with E-state index >= 15 is 0 Å². The SMILES string of the molecule is COc1cc(C(=O)Nc2nnc(-c3ccncc3F)s2)ccc1O[C@@H](CN(C)C)c1ccccc1. The summed E-state index contributed by atoms with van der Waals surface area (Å²) in [6, 6.07) is 16.4. The lowest BCUT2D eigenvalue weighted by molar-refractivity contribution is 0.102. The van der Waals surface area contributed by atoms with E-state index in [4.69, 9.17) is 9.47 Å². The maximum atomic E-state index is 14.0. The van der Waals surface area contributed by atoms with Crippen LogP contribution in [0.2, 0.25) is 0 Å². The average molecular weight is 494 g/mol. The molecule has 2 aromatic carbocycles. The second kappa shape index (κ2) is 11.0. The number of methoxy groups -OCH3 is 1. The van der Waals surface area contributed by atoms with Crippen molar-refractivity contribution in [1.29, 1.82) is 0 Å². The minimum Gasteiger partial charge on any atom is -0.493 e. The number of amides is 1. The third-order valence-corrected chi connectivity index (χ3v) is 5.92. The molecule has 1 atom stereocenters. The zero-order chi connectivity index (χ0) is 24.8. The smallest absolute Gasteiger partial charge is 0.257 e. The van der Waals surface area contributed by atoms with Crippen LogP contribution < -0.4 is 14.8 Å². The van der Waals surface area contributed by atoms with Gasteiger partial charge in [0.1, 0.15) is 6.10 Å². The molecule has 0 bridgehead atoms. The van der Waals surface area contributed by atoms with Crippen molar-refractivity contribution in [2.75, 3.05) is 33.1 Å². The first-order valence-corrected chi connectivity index (χ1v) is 11.6. The Balaban J connectivity index is 1.51. The molecular formula is C25H24FN5O3S. The van der Waals surface area contributed by atoms with Gasteiger partial charge in [0.15, 0.2) is 22.3 Å². The van der Waals surface area contributed by atoms with Gasteiger partial charge in [-0.15, -0.1) is 10.2 Å². The molecule has 0 fully saturated rings. The number of benzene rings is 2. The van der Waals surface area contributed by atoms with Gasteiger partial charge in [-0.25, -0.2) is 4.39 Å². The lowest BCUT2D eigenvalue weighted by atomic mass is 10.1. The molecule has 10 heteroatoms. The van der Waals surface area contributed by atoms with E-state index < -0.39 is 11.7 Å². The van der Waals surface area contributed by atoms with Crippen molar-refractivity contribution in [2.24, 2.45) is 0 Å². The zero-order valence-corrected chi connectivity index (χ0v) is 20.3. The summed E-state index contributed by atoms with van der Waals surface area (Å²) in [5.41, 5.74) is 1.65. The summed E-state index contributed by atoms with van der Waals surface area (Å²) in [5, 5.41) is 11.2. The van der Waals surface area contributed by atoms with Crippen LogP contribution in [0.5, 0.6) is 11.5 Å². The van der Waals surface area contributed by atoms with Crippen molar-refractivity contribution >= 4 is 22.4 Å². The Kier molecular flexibility index (Phi) is 7.64. The summed E-state index contributed by atoms with van der Waals surface area (Å²) in [6.45, 7) is 0.660. The Labute approximate surface area is 206 Å². The Bertz CT molecular complexity index is 1300. The van der Waals surface area contributed by atoms with E-state index in [0.29, 0.717) is 28.6 Å². The van der Waals surface area contributed by atoms with Crippen molar-refractivity contribution in [3.8, 4) is 22.1 Å². The Morgan fingerprint density at radius 2 is 1.91 bits per heavy atom. The number of hydrogen-bond acceptors (Lipinski definition) is 8. The minimum absolute atomic E-state index is 0.229. The maximum absolute atomic E-state index is 14.0. The fourth-order valence-corrected chi connectivity index (χ4v) is 4.14. The highest BCUT2D eigenvalue weighted by Gasteiger charge is 2.19. The first-order valence-electron chi connectivity index (χ1n) is 10.7. The van der Waals surface area contributed by atoms with E-state index in [1.54, 1.807) is 18.2 Å². The number of nitrogens with one attached hydrogen (secondary N) is 1. The molecule has 8 nitrogen and oxygen atoms in total. The van der Waals surface area contributed by atoms with Crippen LogP contribution in [0.4, 0.5) is 9.52 Å². The van der Waals surface area contributed by atoms with Crippen molar-refractivity contribution in [3.63, 3.8) is 0 Å². The number of pyridine rings is 1. The summed E-state index contributed by atoms with van der Waals surface area (Å²) in [5.74, 6) is 0.0332. The van der Waals surface area contributed by atoms with Crippen molar-refractivity contribution < 1.29 is 18.7 Å². The highest BCUT2D eigenvalue weighted by atomic mass is 32.1. The van der Waals surface area contributed by atoms with Crippen LogP contribution in [0, 0.1) is 5.82 Å². The van der Waals surface area contributed by atoms with Gasteiger partial charge in [-0.2, -0.15) is 0 Å². The average Bonchev–Trinajstić information content (AvgIpc) is 3.32. The first-order chi connectivity index (χ1) is 16.9. The molecule has 180 valence electrons. The molecule has 35 heavy (non-hydrogen) atoms. The van der Waals surface area contributed by atoms with E-state index in [0.717, 1.165) is 23.1 Å². The normalized spacial score (nSPS) is 11.8. The number of anilines is 1. The number of carbonyl (C=O) groups excluding carboxylic acids is 1. The number of rotatable bonds is 9. The molecule has 0 aliphatic rings. The molecule has 0 saturated carbocycles. The predicted octanol–water partition coefficient (Wildman–Crippen LogP) is 4.68. The van der Waals surface area contributed by atoms with Crippen molar-refractivity contribution in [1.82, 2.24) is 20.1 Å². The largest absolute Gasteiger partial charge is 0.493 e. The molecule has 0 aliphatic heterocycles. The van der Waals surface area contributed by atoms with Crippen LogP contribution in [-0.4, -0.2) is 53.7 Å². The van der Waals surface area contributed by atoms with E-state index in [-0.39, 0.29) is 16.8 Å². The van der Waals surface area contributed by atoms with Gasteiger partial charge in [0.25, 0.3) is 5.91 Å². The molecule has 4 rings (SSSR count). The minimum atomic E-state index is -0.509. The highest BCUT2D eigenvalue weighted by molar-refractivity contribution is 7.18. The number of ether oxygens (including phenoxy) is 2. The molecule has 2 heterocycles. The summed E-state index contributed by atoms with van der Waals surface area (Å²) >= 11 is 1.07. The van der Waals surface area contributed by atoms with E-state index in [1.807, 2.05) is 49.3 Å². The summed E-state index contributed by atoms with van der Waals surface area (Å²) in [7, 11) is 5.48. The third kappa shape index (κ3) is 5.97. The topological polar surface area (TPSA) is 89.5 Å². The van der Waals surface area contributed by atoms with Crippen LogP contribution in [0.25, 0.3) is 10.6 Å². The number of aromatic nitrogens is 3. The van der Waals surface area contributed by atoms with Crippen LogP contribution >= 0.6 is 11.3 Å². The van der Waals surface area contributed by atoms with Gasteiger partial charge in [-0.1, -0.05) is 41.7 Å². The lowest BCUT2D eigenvalue weighted by Crippen LogP contribution is -2.24. The number of hydrogen-bond donors (Lipinski definition) is 1. The molecule has 1 N–H and O–H groups in total. The van der Waals surface area contributed by atoms with E-state index in [2.05, 4.69) is 20.5 Å². The van der Waals surface area contributed by atoms with Crippen LogP contribution in [-0.2, 0) is 0 Å². The first kappa shape index (κ1) is 24.2. The van der Waals surface area contributed by atoms with Gasteiger partial charge >= 0.3 is 0 Å².